The van der Waals surface area contributed by atoms with Gasteiger partial charge in [-0.05, 0) is 54.9 Å². The predicted octanol–water partition coefficient (Wildman–Crippen LogP) is 4.72. The lowest BCUT2D eigenvalue weighted by molar-refractivity contribution is -0.131. The van der Waals surface area contributed by atoms with Gasteiger partial charge in [0.05, 0.1) is 6.20 Å². The van der Waals surface area contributed by atoms with Crippen LogP contribution in [0.25, 0.3) is 22.0 Å². The first-order chi connectivity index (χ1) is 14.0. The molecule has 0 saturated carbocycles. The van der Waals surface area contributed by atoms with Crippen molar-refractivity contribution in [2.75, 3.05) is 13.1 Å². The predicted molar refractivity (Wildman–Crippen MR) is 118 cm³/mol. The molecule has 5 nitrogen and oxygen atoms in total. The highest BCUT2D eigenvalue weighted by molar-refractivity contribution is 5.85. The SMILES string of the molecule is CC(C)CC(=O)N1CCCC(Cn2ccc3cc(-c4cnn(C)c4)ccc32)CC1. The first-order valence-electron chi connectivity index (χ1n) is 10.9. The summed E-state index contributed by atoms with van der Waals surface area (Å²) in [6, 6.07) is 8.88. The van der Waals surface area contributed by atoms with E-state index in [1.54, 1.807) is 0 Å². The van der Waals surface area contributed by atoms with Gasteiger partial charge < -0.3 is 9.47 Å². The highest BCUT2D eigenvalue weighted by Crippen LogP contribution is 2.27. The van der Waals surface area contributed by atoms with E-state index in [-0.39, 0.29) is 0 Å². The van der Waals surface area contributed by atoms with E-state index in [1.165, 1.54) is 22.9 Å². The lowest BCUT2D eigenvalue weighted by Crippen LogP contribution is -2.32. The monoisotopic (exact) mass is 392 g/mol. The second-order valence-corrected chi connectivity index (χ2v) is 8.92. The molecule has 1 unspecified atom stereocenters. The highest BCUT2D eigenvalue weighted by atomic mass is 16.2. The zero-order chi connectivity index (χ0) is 20.4. The summed E-state index contributed by atoms with van der Waals surface area (Å²) < 4.78 is 4.23. The molecule has 1 aliphatic rings. The van der Waals surface area contributed by atoms with Crippen LogP contribution >= 0.6 is 0 Å². The Labute approximate surface area is 173 Å². The average molecular weight is 393 g/mol. The van der Waals surface area contributed by atoms with Crippen LogP contribution in [0.1, 0.15) is 39.5 Å². The summed E-state index contributed by atoms with van der Waals surface area (Å²) in [5.41, 5.74) is 3.64. The van der Waals surface area contributed by atoms with E-state index in [1.807, 2.05) is 17.9 Å². The van der Waals surface area contributed by atoms with E-state index < -0.39 is 0 Å². The Balaban J connectivity index is 1.43. The first kappa shape index (κ1) is 19.7. The quantitative estimate of drug-likeness (QED) is 0.631. The maximum Gasteiger partial charge on any atom is 0.222 e. The Morgan fingerprint density at radius 3 is 2.79 bits per heavy atom. The van der Waals surface area contributed by atoms with Crippen LogP contribution in [-0.2, 0) is 18.4 Å². The molecule has 0 radical (unpaired) electrons. The maximum atomic E-state index is 12.4. The molecule has 3 aromatic rings. The maximum absolute atomic E-state index is 12.4. The molecule has 0 spiro atoms. The van der Waals surface area contributed by atoms with Gasteiger partial charge in [-0.3, -0.25) is 9.48 Å². The second-order valence-electron chi connectivity index (χ2n) is 8.92. The summed E-state index contributed by atoms with van der Waals surface area (Å²) in [6.45, 7) is 7.09. The molecule has 4 rings (SSSR count). The summed E-state index contributed by atoms with van der Waals surface area (Å²) in [4.78, 5) is 14.5. The third kappa shape index (κ3) is 4.55. The molecule has 1 atom stereocenters. The molecule has 3 heterocycles. The molecular formula is C24H32N4O. The Bertz CT molecular complexity index is 984. The van der Waals surface area contributed by atoms with Gasteiger partial charge in [-0.25, -0.2) is 0 Å². The van der Waals surface area contributed by atoms with Gasteiger partial charge in [-0.15, -0.1) is 0 Å². The van der Waals surface area contributed by atoms with E-state index in [4.69, 9.17) is 0 Å². The number of likely N-dealkylation sites (tertiary alicyclic amines) is 1. The summed E-state index contributed by atoms with van der Waals surface area (Å²) in [5, 5.41) is 5.55. The van der Waals surface area contributed by atoms with Crippen molar-refractivity contribution in [3.8, 4) is 11.1 Å². The number of hydrogen-bond acceptors (Lipinski definition) is 2. The van der Waals surface area contributed by atoms with Crippen molar-refractivity contribution in [2.24, 2.45) is 18.9 Å². The van der Waals surface area contributed by atoms with Gasteiger partial charge in [-0.2, -0.15) is 5.10 Å². The van der Waals surface area contributed by atoms with Gasteiger partial charge in [0.25, 0.3) is 0 Å². The number of carbonyl (C=O) groups excluding carboxylic acids is 1. The van der Waals surface area contributed by atoms with Gasteiger partial charge in [-0.1, -0.05) is 19.9 Å². The molecule has 1 amide bonds. The fourth-order valence-corrected chi connectivity index (χ4v) is 4.46. The summed E-state index contributed by atoms with van der Waals surface area (Å²) >= 11 is 0. The molecule has 0 aliphatic carbocycles. The van der Waals surface area contributed by atoms with Crippen molar-refractivity contribution in [3.63, 3.8) is 0 Å². The number of aromatic nitrogens is 3. The molecule has 1 aliphatic heterocycles. The standard InChI is InChI=1S/C24H32N4O/c1-18(2)13-24(29)27-10-4-5-19(8-11-27)16-28-12-9-21-14-20(6-7-23(21)28)22-15-25-26(3)17-22/h6-7,9,12,14-15,17-19H,4-5,8,10-11,13,16H2,1-3H3. The lowest BCUT2D eigenvalue weighted by Gasteiger charge is -2.22. The van der Waals surface area contributed by atoms with Crippen LogP contribution in [0.2, 0.25) is 0 Å². The highest BCUT2D eigenvalue weighted by Gasteiger charge is 2.21. The van der Waals surface area contributed by atoms with Gasteiger partial charge in [0.2, 0.25) is 5.91 Å². The average Bonchev–Trinajstić information content (AvgIpc) is 3.21. The fourth-order valence-electron chi connectivity index (χ4n) is 4.46. The number of benzene rings is 1. The minimum absolute atomic E-state index is 0.329. The Hall–Kier alpha value is -2.56. The number of fused-ring (bicyclic) bond motifs is 1. The minimum atomic E-state index is 0.329. The molecule has 0 bridgehead atoms. The molecule has 0 N–H and O–H groups in total. The molecular weight excluding hydrogens is 360 g/mol. The third-order valence-corrected chi connectivity index (χ3v) is 6.05. The number of hydrogen-bond donors (Lipinski definition) is 0. The smallest absolute Gasteiger partial charge is 0.222 e. The van der Waals surface area contributed by atoms with Crippen molar-refractivity contribution < 1.29 is 4.79 Å². The van der Waals surface area contributed by atoms with Gasteiger partial charge in [0, 0.05) is 62.0 Å². The molecule has 5 heteroatoms. The van der Waals surface area contributed by atoms with E-state index >= 15 is 0 Å². The Morgan fingerprint density at radius 2 is 2.03 bits per heavy atom. The number of amides is 1. The van der Waals surface area contributed by atoms with Gasteiger partial charge >= 0.3 is 0 Å². The molecule has 1 fully saturated rings. The van der Waals surface area contributed by atoms with Crippen LogP contribution < -0.4 is 0 Å². The van der Waals surface area contributed by atoms with Crippen LogP contribution in [0.5, 0.6) is 0 Å². The first-order valence-corrected chi connectivity index (χ1v) is 10.9. The van der Waals surface area contributed by atoms with Crippen LogP contribution in [0.4, 0.5) is 0 Å². The van der Waals surface area contributed by atoms with Crippen molar-refractivity contribution in [2.45, 2.75) is 46.1 Å². The lowest BCUT2D eigenvalue weighted by atomic mass is 10.0. The molecule has 1 aromatic carbocycles. The largest absolute Gasteiger partial charge is 0.347 e. The summed E-state index contributed by atoms with van der Waals surface area (Å²) in [5.74, 6) is 1.39. The molecule has 29 heavy (non-hydrogen) atoms. The number of nitrogens with zero attached hydrogens (tertiary/aromatic N) is 4. The Kier molecular flexibility index (Phi) is 5.74. The zero-order valence-corrected chi connectivity index (χ0v) is 17.8. The third-order valence-electron chi connectivity index (χ3n) is 6.05. The topological polar surface area (TPSA) is 43.1 Å². The number of aryl methyl sites for hydroxylation is 1. The van der Waals surface area contributed by atoms with E-state index in [0.717, 1.165) is 38.0 Å². The van der Waals surface area contributed by atoms with Crippen molar-refractivity contribution in [1.29, 1.82) is 0 Å². The van der Waals surface area contributed by atoms with Crippen molar-refractivity contribution in [1.82, 2.24) is 19.2 Å². The normalized spacial score (nSPS) is 17.8. The number of rotatable bonds is 5. The van der Waals surface area contributed by atoms with Crippen molar-refractivity contribution >= 4 is 16.8 Å². The van der Waals surface area contributed by atoms with Crippen LogP contribution in [-0.4, -0.2) is 38.2 Å². The zero-order valence-electron chi connectivity index (χ0n) is 17.8. The fraction of sp³-hybridized carbons (Fsp3) is 0.500. The Morgan fingerprint density at radius 1 is 1.17 bits per heavy atom. The number of carbonyl (C=O) groups is 1. The van der Waals surface area contributed by atoms with Gasteiger partial charge in [0.1, 0.15) is 0 Å². The molecule has 154 valence electrons. The van der Waals surface area contributed by atoms with Crippen LogP contribution in [0, 0.1) is 11.8 Å². The van der Waals surface area contributed by atoms with E-state index in [0.29, 0.717) is 24.2 Å². The second kappa shape index (κ2) is 8.44. The van der Waals surface area contributed by atoms with E-state index in [9.17, 15) is 4.79 Å². The molecule has 2 aromatic heterocycles. The van der Waals surface area contributed by atoms with Crippen LogP contribution in [0.3, 0.4) is 0 Å². The van der Waals surface area contributed by atoms with Crippen LogP contribution in [0.15, 0.2) is 42.9 Å². The summed E-state index contributed by atoms with van der Waals surface area (Å²) in [6.07, 6.45) is 10.2. The van der Waals surface area contributed by atoms with E-state index in [2.05, 4.69) is 65.1 Å². The summed E-state index contributed by atoms with van der Waals surface area (Å²) in [7, 11) is 1.95. The minimum Gasteiger partial charge on any atom is -0.347 e. The molecule has 1 saturated heterocycles. The van der Waals surface area contributed by atoms with Gasteiger partial charge in [0.15, 0.2) is 0 Å². The van der Waals surface area contributed by atoms with Crippen molar-refractivity contribution in [3.05, 3.63) is 42.9 Å².